The summed E-state index contributed by atoms with van der Waals surface area (Å²) in [6, 6.07) is 2.54. The van der Waals surface area contributed by atoms with Crippen LogP contribution in [0.4, 0.5) is 0 Å². The molecule has 0 N–H and O–H groups in total. The third-order valence-corrected chi connectivity index (χ3v) is 3.42. The molecule has 1 aliphatic rings. The minimum atomic E-state index is 0.351. The Kier molecular flexibility index (Phi) is 2.51. The van der Waals surface area contributed by atoms with Gasteiger partial charge in [-0.25, -0.2) is 0 Å². The van der Waals surface area contributed by atoms with Crippen LogP contribution in [0.2, 0.25) is 0 Å². The SMILES string of the molecule is CC(C)n1nc(C#N)c2c1CSCC2. The molecular weight excluding hydrogens is 194 g/mol. The average molecular weight is 207 g/mol. The molecule has 74 valence electrons. The average Bonchev–Trinajstić information content (AvgIpc) is 2.56. The highest BCUT2D eigenvalue weighted by molar-refractivity contribution is 7.98. The molecule has 0 radical (unpaired) electrons. The summed E-state index contributed by atoms with van der Waals surface area (Å²) < 4.78 is 2.00. The third kappa shape index (κ3) is 1.42. The van der Waals surface area contributed by atoms with Gasteiger partial charge in [0.1, 0.15) is 6.07 Å². The van der Waals surface area contributed by atoms with Crippen molar-refractivity contribution in [3.05, 3.63) is 17.0 Å². The van der Waals surface area contributed by atoms with Crippen LogP contribution in [-0.2, 0) is 12.2 Å². The Morgan fingerprint density at radius 2 is 2.36 bits per heavy atom. The summed E-state index contributed by atoms with van der Waals surface area (Å²) in [6.45, 7) is 4.21. The predicted molar refractivity (Wildman–Crippen MR) is 57.2 cm³/mol. The summed E-state index contributed by atoms with van der Waals surface area (Å²) in [4.78, 5) is 0. The molecule has 0 saturated heterocycles. The first-order chi connectivity index (χ1) is 6.74. The summed E-state index contributed by atoms with van der Waals surface area (Å²) in [7, 11) is 0. The Morgan fingerprint density at radius 1 is 1.57 bits per heavy atom. The van der Waals surface area contributed by atoms with E-state index < -0.39 is 0 Å². The van der Waals surface area contributed by atoms with Crippen molar-refractivity contribution < 1.29 is 0 Å². The summed E-state index contributed by atoms with van der Waals surface area (Å²) in [5.41, 5.74) is 3.07. The summed E-state index contributed by atoms with van der Waals surface area (Å²) in [5, 5.41) is 13.3. The van der Waals surface area contributed by atoms with Crippen molar-refractivity contribution in [1.29, 1.82) is 5.26 Å². The molecule has 0 atom stereocenters. The maximum atomic E-state index is 8.96. The molecule has 0 amide bonds. The van der Waals surface area contributed by atoms with Gasteiger partial charge in [0.2, 0.25) is 0 Å². The number of thioether (sulfide) groups is 1. The monoisotopic (exact) mass is 207 g/mol. The molecule has 14 heavy (non-hydrogen) atoms. The number of nitrogens with zero attached hydrogens (tertiary/aromatic N) is 3. The quantitative estimate of drug-likeness (QED) is 0.708. The van der Waals surface area contributed by atoms with Crippen molar-refractivity contribution in [3.63, 3.8) is 0 Å². The predicted octanol–water partition coefficient (Wildman–Crippen LogP) is 2.12. The summed E-state index contributed by atoms with van der Waals surface area (Å²) in [5.74, 6) is 2.12. The van der Waals surface area contributed by atoms with Crippen molar-refractivity contribution >= 4 is 11.8 Å². The van der Waals surface area contributed by atoms with Crippen molar-refractivity contribution in [2.75, 3.05) is 5.75 Å². The van der Waals surface area contributed by atoms with Crippen LogP contribution in [0.15, 0.2) is 0 Å². The maximum Gasteiger partial charge on any atom is 0.166 e. The van der Waals surface area contributed by atoms with Crippen molar-refractivity contribution in [1.82, 2.24) is 9.78 Å². The Hall–Kier alpha value is -0.950. The minimum Gasteiger partial charge on any atom is -0.265 e. The molecule has 0 bridgehead atoms. The molecule has 4 heteroatoms. The fraction of sp³-hybridized carbons (Fsp3) is 0.600. The van der Waals surface area contributed by atoms with Gasteiger partial charge in [0, 0.05) is 17.4 Å². The fourth-order valence-corrected chi connectivity index (χ4v) is 2.77. The van der Waals surface area contributed by atoms with Crippen molar-refractivity contribution in [2.24, 2.45) is 0 Å². The van der Waals surface area contributed by atoms with Crippen LogP contribution < -0.4 is 0 Å². The molecule has 0 unspecified atom stereocenters. The lowest BCUT2D eigenvalue weighted by Gasteiger charge is -2.15. The van der Waals surface area contributed by atoms with E-state index in [2.05, 4.69) is 25.0 Å². The van der Waals surface area contributed by atoms with Gasteiger partial charge in [0.05, 0.1) is 5.69 Å². The second kappa shape index (κ2) is 3.66. The molecule has 0 aliphatic carbocycles. The lowest BCUT2D eigenvalue weighted by atomic mass is 10.1. The Morgan fingerprint density at radius 3 is 3.00 bits per heavy atom. The van der Waals surface area contributed by atoms with Crippen LogP contribution in [-0.4, -0.2) is 15.5 Å². The summed E-state index contributed by atoms with van der Waals surface area (Å²) in [6.07, 6.45) is 0.996. The van der Waals surface area contributed by atoms with Gasteiger partial charge in [-0.3, -0.25) is 4.68 Å². The smallest absolute Gasteiger partial charge is 0.166 e. The zero-order valence-corrected chi connectivity index (χ0v) is 9.27. The van der Waals surface area contributed by atoms with Crippen LogP contribution >= 0.6 is 11.8 Å². The lowest BCUT2D eigenvalue weighted by molar-refractivity contribution is 0.515. The van der Waals surface area contributed by atoms with E-state index in [1.807, 2.05) is 16.4 Å². The molecular formula is C10H13N3S. The molecule has 2 rings (SSSR count). The summed E-state index contributed by atoms with van der Waals surface area (Å²) >= 11 is 1.92. The second-order valence-corrected chi connectivity index (χ2v) is 4.83. The number of hydrogen-bond donors (Lipinski definition) is 0. The zero-order valence-electron chi connectivity index (χ0n) is 8.45. The minimum absolute atomic E-state index is 0.351. The van der Waals surface area contributed by atoms with Crippen LogP contribution in [0, 0.1) is 11.3 Å². The normalized spacial score (nSPS) is 15.3. The molecule has 3 nitrogen and oxygen atoms in total. The molecule has 1 aromatic rings. The first-order valence-electron chi connectivity index (χ1n) is 4.82. The van der Waals surface area contributed by atoms with Gasteiger partial charge in [-0.15, -0.1) is 0 Å². The first kappa shape index (κ1) is 9.60. The highest BCUT2D eigenvalue weighted by atomic mass is 32.2. The number of aromatic nitrogens is 2. The van der Waals surface area contributed by atoms with E-state index in [4.69, 9.17) is 5.26 Å². The van der Waals surface area contributed by atoms with E-state index in [1.165, 1.54) is 11.3 Å². The largest absolute Gasteiger partial charge is 0.265 e. The highest BCUT2D eigenvalue weighted by Gasteiger charge is 2.21. The van der Waals surface area contributed by atoms with E-state index in [0.29, 0.717) is 11.7 Å². The molecule has 1 aliphatic heterocycles. The lowest BCUT2D eigenvalue weighted by Crippen LogP contribution is -2.10. The Labute approximate surface area is 88.1 Å². The van der Waals surface area contributed by atoms with Crippen LogP contribution in [0.25, 0.3) is 0 Å². The number of hydrogen-bond acceptors (Lipinski definition) is 3. The van der Waals surface area contributed by atoms with Gasteiger partial charge in [0.25, 0.3) is 0 Å². The second-order valence-electron chi connectivity index (χ2n) is 3.73. The number of rotatable bonds is 1. The van der Waals surface area contributed by atoms with E-state index in [0.717, 1.165) is 17.9 Å². The van der Waals surface area contributed by atoms with Crippen molar-refractivity contribution in [2.45, 2.75) is 32.1 Å². The van der Waals surface area contributed by atoms with E-state index in [-0.39, 0.29) is 0 Å². The molecule has 0 aromatic carbocycles. The Balaban J connectivity index is 2.53. The highest BCUT2D eigenvalue weighted by Crippen LogP contribution is 2.28. The Bertz CT molecular complexity index is 387. The topological polar surface area (TPSA) is 41.6 Å². The first-order valence-corrected chi connectivity index (χ1v) is 5.97. The van der Waals surface area contributed by atoms with E-state index in [9.17, 15) is 0 Å². The van der Waals surface area contributed by atoms with Gasteiger partial charge in [-0.2, -0.15) is 22.1 Å². The molecule has 0 fully saturated rings. The van der Waals surface area contributed by atoms with Gasteiger partial charge in [-0.1, -0.05) is 0 Å². The van der Waals surface area contributed by atoms with E-state index in [1.54, 1.807) is 0 Å². The van der Waals surface area contributed by atoms with Crippen LogP contribution in [0.3, 0.4) is 0 Å². The molecule has 0 saturated carbocycles. The zero-order chi connectivity index (χ0) is 10.1. The van der Waals surface area contributed by atoms with Gasteiger partial charge < -0.3 is 0 Å². The van der Waals surface area contributed by atoms with Crippen LogP contribution in [0.1, 0.15) is 36.8 Å². The third-order valence-electron chi connectivity index (χ3n) is 2.45. The van der Waals surface area contributed by atoms with Gasteiger partial charge in [-0.05, 0) is 26.0 Å². The number of fused-ring (bicyclic) bond motifs is 1. The maximum absolute atomic E-state index is 8.96. The van der Waals surface area contributed by atoms with Gasteiger partial charge >= 0.3 is 0 Å². The fourth-order valence-electron chi connectivity index (χ4n) is 1.78. The molecule has 0 spiro atoms. The molecule has 2 heterocycles. The standard InChI is InChI=1S/C10H13N3S/c1-7(2)13-10-6-14-4-3-8(10)9(5-11)12-13/h7H,3-4,6H2,1-2H3. The van der Waals surface area contributed by atoms with Crippen molar-refractivity contribution in [3.8, 4) is 6.07 Å². The van der Waals surface area contributed by atoms with Gasteiger partial charge in [0.15, 0.2) is 5.69 Å². The molecule has 1 aromatic heterocycles. The van der Waals surface area contributed by atoms with E-state index >= 15 is 0 Å². The van der Waals surface area contributed by atoms with Crippen LogP contribution in [0.5, 0.6) is 0 Å². The number of nitriles is 1.